The third kappa shape index (κ3) is 41.1. The Morgan fingerprint density at radius 2 is 0.637 bits per heavy atom. The molecule has 16 heteroatoms. The topological polar surface area (TPSA) is 158 Å². The van der Waals surface area contributed by atoms with Crippen molar-refractivity contribution in [2.24, 2.45) is 5.92 Å². The van der Waals surface area contributed by atoms with Crippen LogP contribution in [0.4, 0.5) is 10.5 Å². The molecule has 3 saturated carbocycles. The Bertz CT molecular complexity index is 4940. The first kappa shape index (κ1) is 108. The van der Waals surface area contributed by atoms with Crippen molar-refractivity contribution in [3.63, 3.8) is 0 Å². The number of nitrogens with one attached hydrogen (secondary N) is 1. The van der Waals surface area contributed by atoms with Gasteiger partial charge in [-0.05, 0) is 295 Å². The second kappa shape index (κ2) is 63.7. The van der Waals surface area contributed by atoms with Crippen LogP contribution in [-0.2, 0) is 28.4 Å². The first-order chi connectivity index (χ1) is 66.0. The Balaban J connectivity index is 0.000000183. The molecule has 135 heavy (non-hydrogen) atoms. The van der Waals surface area contributed by atoms with Crippen LogP contribution in [0.25, 0.3) is 21.5 Å². The highest BCUT2D eigenvalue weighted by Gasteiger charge is 2.19. The molecule has 0 radical (unpaired) electrons. The number of ether oxygens (including phenoxy) is 14. The van der Waals surface area contributed by atoms with Crippen LogP contribution < -0.4 is 43.2 Å². The minimum atomic E-state index is -0.503. The molecule has 0 spiro atoms. The number of benzene rings is 11. The average Bonchev–Trinajstić information content (AvgIpc) is 0.821. The maximum Gasteiger partial charge on any atom is 0.411 e. The normalized spacial score (nSPS) is 14.6. The SMILES string of the molecule is CCC(C)c1ccc(OCOCCC2CCCCC2)cc1.CCC(C)c1ccc(OCOCCOC(=O)Nc2ccccc2)cc1.CCC(C)c1ccc(OCOCCOc2ccc(C3CCCCC3)cc2)cc1.CCC(C)c1ccc2cc(OCOC3CCCCC3)ccc2c1.CCC(C)c1ccc2cc(OCOc3ccccc3)ccc2c1.CCOCOc1cccc(C(C)CC)c1. The van der Waals surface area contributed by atoms with Crippen molar-refractivity contribution < 1.29 is 71.1 Å². The lowest BCUT2D eigenvalue weighted by Gasteiger charge is -2.22. The molecule has 0 heterocycles. The molecular formula is C119H159NO15. The summed E-state index contributed by atoms with van der Waals surface area (Å²) in [7, 11) is 0. The molecule has 6 atom stereocenters. The van der Waals surface area contributed by atoms with Gasteiger partial charge < -0.3 is 66.3 Å². The van der Waals surface area contributed by atoms with Crippen molar-refractivity contribution in [2.45, 2.75) is 279 Å². The highest BCUT2D eigenvalue weighted by Crippen LogP contribution is 2.36. The number of carbonyl (C=O) groups is 1. The first-order valence-corrected chi connectivity index (χ1v) is 50.6. The Morgan fingerprint density at radius 3 is 1.13 bits per heavy atom. The number of hydrogen-bond acceptors (Lipinski definition) is 15. The van der Waals surface area contributed by atoms with Crippen molar-refractivity contribution >= 4 is 33.3 Å². The number of amides is 1. The van der Waals surface area contributed by atoms with Crippen LogP contribution in [0.15, 0.2) is 255 Å². The fourth-order valence-electron chi connectivity index (χ4n) is 16.2. The Morgan fingerprint density at radius 1 is 0.289 bits per heavy atom. The zero-order chi connectivity index (χ0) is 95.7. The zero-order valence-electron chi connectivity index (χ0n) is 83.6. The van der Waals surface area contributed by atoms with E-state index in [1.54, 1.807) is 12.1 Å². The maximum atomic E-state index is 11.6. The summed E-state index contributed by atoms with van der Waals surface area (Å²) in [6, 6.07) is 86.2. The van der Waals surface area contributed by atoms with Gasteiger partial charge in [0.1, 0.15) is 59.2 Å². The third-order valence-corrected chi connectivity index (χ3v) is 26.3. The van der Waals surface area contributed by atoms with Crippen LogP contribution in [0.3, 0.4) is 0 Å². The predicted molar refractivity (Wildman–Crippen MR) is 554 cm³/mol. The van der Waals surface area contributed by atoms with Crippen molar-refractivity contribution in [2.75, 3.05) is 85.7 Å². The molecule has 0 aliphatic heterocycles. The summed E-state index contributed by atoms with van der Waals surface area (Å²) in [5.74, 6) is 12.0. The molecule has 11 aromatic carbocycles. The van der Waals surface area contributed by atoms with Crippen LogP contribution in [0, 0.1) is 5.92 Å². The number of carbonyl (C=O) groups excluding carboxylic acids is 1. The molecular weight excluding hydrogens is 1680 g/mol. The number of hydrogen-bond donors (Lipinski definition) is 1. The van der Waals surface area contributed by atoms with E-state index in [0.29, 0.717) is 87.5 Å². The lowest BCUT2D eigenvalue weighted by atomic mass is 9.84. The molecule has 730 valence electrons. The van der Waals surface area contributed by atoms with E-state index in [-0.39, 0.29) is 33.6 Å². The average molecular weight is 1840 g/mol. The second-order valence-corrected chi connectivity index (χ2v) is 36.0. The van der Waals surface area contributed by atoms with Crippen LogP contribution in [0.2, 0.25) is 0 Å². The van der Waals surface area contributed by atoms with Crippen molar-refractivity contribution in [3.8, 4) is 46.0 Å². The van der Waals surface area contributed by atoms with Crippen LogP contribution in [0.5, 0.6) is 46.0 Å². The summed E-state index contributed by atoms with van der Waals surface area (Å²) in [6.45, 7) is 33.3. The number of anilines is 1. The molecule has 14 rings (SSSR count). The van der Waals surface area contributed by atoms with E-state index in [1.807, 2.05) is 116 Å². The van der Waals surface area contributed by atoms with E-state index >= 15 is 0 Å². The highest BCUT2D eigenvalue weighted by atomic mass is 16.7. The van der Waals surface area contributed by atoms with Crippen LogP contribution in [-0.4, -0.2) is 92.6 Å². The van der Waals surface area contributed by atoms with Gasteiger partial charge in [0.05, 0.1) is 25.9 Å². The molecule has 0 bridgehead atoms. The van der Waals surface area contributed by atoms with Gasteiger partial charge in [-0.1, -0.05) is 299 Å². The first-order valence-electron chi connectivity index (χ1n) is 50.6. The van der Waals surface area contributed by atoms with E-state index in [4.69, 9.17) is 66.3 Å². The molecule has 3 fully saturated rings. The lowest BCUT2D eigenvalue weighted by molar-refractivity contribution is -0.0496. The molecule has 1 amide bonds. The minimum Gasteiger partial charge on any atom is -0.491 e. The fraction of sp³-hybridized carbons (Fsp3) is 0.471. The van der Waals surface area contributed by atoms with Crippen molar-refractivity contribution in [3.05, 3.63) is 294 Å². The summed E-state index contributed by atoms with van der Waals surface area (Å²) in [6.07, 6.45) is 28.1. The smallest absolute Gasteiger partial charge is 0.411 e. The van der Waals surface area contributed by atoms with E-state index in [0.717, 1.165) is 90.1 Å². The van der Waals surface area contributed by atoms with Crippen molar-refractivity contribution in [1.82, 2.24) is 0 Å². The molecule has 1 N–H and O–H groups in total. The van der Waals surface area contributed by atoms with Gasteiger partial charge in [-0.25, -0.2) is 4.79 Å². The zero-order valence-corrected chi connectivity index (χ0v) is 83.6. The molecule has 3 aliphatic carbocycles. The fourth-order valence-corrected chi connectivity index (χ4v) is 16.2. The molecule has 16 nitrogen and oxygen atoms in total. The molecule has 0 saturated heterocycles. The van der Waals surface area contributed by atoms with Gasteiger partial charge >= 0.3 is 6.09 Å². The molecule has 3 aliphatic rings. The predicted octanol–water partition coefficient (Wildman–Crippen LogP) is 32.4. The minimum absolute atomic E-state index is 0.117. The summed E-state index contributed by atoms with van der Waals surface area (Å²) in [5, 5.41) is 7.58. The molecule has 0 aromatic heterocycles. The van der Waals surface area contributed by atoms with E-state index in [9.17, 15) is 4.79 Å². The summed E-state index contributed by atoms with van der Waals surface area (Å²) in [4.78, 5) is 11.6. The Labute approximate surface area is 809 Å². The summed E-state index contributed by atoms with van der Waals surface area (Å²) >= 11 is 0. The van der Waals surface area contributed by atoms with E-state index in [2.05, 4.69) is 222 Å². The lowest BCUT2D eigenvalue weighted by Crippen LogP contribution is -2.19. The Hall–Kier alpha value is -10.6. The van der Waals surface area contributed by atoms with Crippen LogP contribution in [0.1, 0.15) is 312 Å². The third-order valence-electron chi connectivity index (χ3n) is 26.3. The van der Waals surface area contributed by atoms with Gasteiger partial charge in [0, 0.05) is 12.3 Å². The number of fused-ring (bicyclic) bond motifs is 2. The monoisotopic (exact) mass is 1840 g/mol. The summed E-state index contributed by atoms with van der Waals surface area (Å²) < 4.78 is 77.5. The van der Waals surface area contributed by atoms with E-state index < -0.39 is 6.09 Å². The van der Waals surface area contributed by atoms with E-state index in [1.165, 1.54) is 176 Å². The van der Waals surface area contributed by atoms with Crippen molar-refractivity contribution in [1.29, 1.82) is 0 Å². The van der Waals surface area contributed by atoms with Crippen LogP contribution >= 0.6 is 0 Å². The van der Waals surface area contributed by atoms with Gasteiger partial charge in [0.15, 0.2) is 34.0 Å². The quantitative estimate of drug-likeness (QED) is 0.0284. The number of para-hydroxylation sites is 2. The van der Waals surface area contributed by atoms with Gasteiger partial charge in [0.2, 0.25) is 6.79 Å². The molecule has 6 unspecified atom stereocenters. The van der Waals surface area contributed by atoms with Gasteiger partial charge in [0.25, 0.3) is 0 Å². The van der Waals surface area contributed by atoms with Gasteiger partial charge in [-0.15, -0.1) is 0 Å². The number of rotatable bonds is 45. The standard InChI is InChI=1S/C25H34O3.C21H28O2.C21H22O2.C20H25NO4.C19H30O2.C13H20O2/c1-3-20(2)21-9-13-25(14-10-21)28-19-26-17-18-27-24-15-11-23(12-16-24)22-7-5-4-6-8-22;2*1-3-16(2)17-9-10-19-14-21(12-11-18(19)13-17)23-15-22-20-7-5-4-6-8-20;1-3-16(2)17-9-11-19(12-10-17)25-15-23-13-14-24-20(22)21-18-7-5-4-6-8-18;1-3-16(2)18-9-11-19(12-10-18)21-15-20-14-13-17-7-5-4-6-8-17;1-4-11(3)12-7-6-8-13(9-12)15-10-14-5-2/h9-16,20,22H,3-8,17-19H2,1-2H3;9-14,16,20H,3-8,15H2,1-2H3;4-14,16H,3,15H2,1-2H3;4-12,16H,3,13-15H2,1-2H3,(H,21,22);9-12,16-17H,3-8,13-15H2,1-2H3;6-9,11H,4-5,10H2,1-3H3. The second-order valence-electron chi connectivity index (χ2n) is 36.0. The summed E-state index contributed by atoms with van der Waals surface area (Å²) in [5.41, 5.74) is 10.3. The molecule has 11 aromatic rings. The Kier molecular flexibility index (Phi) is 51.0. The highest BCUT2D eigenvalue weighted by molar-refractivity contribution is 5.86. The largest absolute Gasteiger partial charge is 0.491 e. The van der Waals surface area contributed by atoms with Gasteiger partial charge in [-0.2, -0.15) is 0 Å². The van der Waals surface area contributed by atoms with Gasteiger partial charge in [-0.3, -0.25) is 5.32 Å². The maximum absolute atomic E-state index is 11.6.